The Morgan fingerprint density at radius 1 is 1.08 bits per heavy atom. The Labute approximate surface area is 150 Å². The van der Waals surface area contributed by atoms with Crippen LogP contribution in [0.3, 0.4) is 0 Å². The van der Waals surface area contributed by atoms with E-state index < -0.39 is 6.04 Å². The van der Waals surface area contributed by atoms with E-state index in [0.29, 0.717) is 6.54 Å². The van der Waals surface area contributed by atoms with Gasteiger partial charge in [-0.2, -0.15) is 0 Å². The quantitative estimate of drug-likeness (QED) is 0.782. The highest BCUT2D eigenvalue weighted by atomic mass is 16.5. The maximum absolute atomic E-state index is 13.1. The topological polar surface area (TPSA) is 46.6 Å². The molecule has 4 nitrogen and oxygen atoms in total. The third-order valence-corrected chi connectivity index (χ3v) is 6.12. The summed E-state index contributed by atoms with van der Waals surface area (Å²) in [5.41, 5.74) is 1.11. The fraction of sp³-hybridized carbons (Fsp3) is 0.619. The molecule has 0 unspecified atom stereocenters. The van der Waals surface area contributed by atoms with Crippen molar-refractivity contribution in [3.63, 3.8) is 0 Å². The lowest BCUT2D eigenvalue weighted by Gasteiger charge is -2.33. The Morgan fingerprint density at radius 3 is 2.36 bits per heavy atom. The minimum Gasteiger partial charge on any atom is -0.467 e. The molecule has 1 aliphatic heterocycles. The highest BCUT2D eigenvalue weighted by Crippen LogP contribution is 2.38. The van der Waals surface area contributed by atoms with Gasteiger partial charge >= 0.3 is 5.97 Å². The number of ether oxygens (including phenoxy) is 1. The number of hydrogen-bond acceptors (Lipinski definition) is 3. The van der Waals surface area contributed by atoms with Gasteiger partial charge in [0.15, 0.2) is 0 Å². The summed E-state index contributed by atoms with van der Waals surface area (Å²) in [4.78, 5) is 27.4. The van der Waals surface area contributed by atoms with Crippen LogP contribution in [0.5, 0.6) is 0 Å². The summed E-state index contributed by atoms with van der Waals surface area (Å²) in [5.74, 6) is 0.732. The van der Waals surface area contributed by atoms with Gasteiger partial charge in [-0.15, -0.1) is 0 Å². The minimum atomic E-state index is -0.483. The van der Waals surface area contributed by atoms with Gasteiger partial charge in [-0.25, -0.2) is 4.79 Å². The number of carbonyl (C=O) groups excluding carboxylic acids is 2. The summed E-state index contributed by atoms with van der Waals surface area (Å²) in [6.45, 7) is 2.87. The van der Waals surface area contributed by atoms with Crippen molar-refractivity contribution < 1.29 is 14.3 Å². The van der Waals surface area contributed by atoms with E-state index in [2.05, 4.69) is 6.92 Å². The molecule has 0 aromatic heterocycles. The maximum atomic E-state index is 13.1. The van der Waals surface area contributed by atoms with Crippen LogP contribution in [-0.4, -0.2) is 36.5 Å². The van der Waals surface area contributed by atoms with Crippen LogP contribution in [0.4, 0.5) is 0 Å². The summed E-state index contributed by atoms with van der Waals surface area (Å²) >= 11 is 0. The van der Waals surface area contributed by atoms with Crippen molar-refractivity contribution in [3.05, 3.63) is 35.9 Å². The number of benzene rings is 1. The van der Waals surface area contributed by atoms with Gasteiger partial charge in [0.05, 0.1) is 7.11 Å². The van der Waals surface area contributed by atoms with Crippen molar-refractivity contribution in [2.45, 2.75) is 57.4 Å². The van der Waals surface area contributed by atoms with Gasteiger partial charge in [0.25, 0.3) is 0 Å². The lowest BCUT2D eigenvalue weighted by atomic mass is 9.80. The first kappa shape index (κ1) is 18.0. The molecular formula is C21H29NO3. The third-order valence-electron chi connectivity index (χ3n) is 6.12. The van der Waals surface area contributed by atoms with Gasteiger partial charge in [0.1, 0.15) is 6.04 Å². The molecule has 4 heteroatoms. The van der Waals surface area contributed by atoms with Crippen molar-refractivity contribution in [1.82, 2.24) is 4.90 Å². The summed E-state index contributed by atoms with van der Waals surface area (Å²) in [7, 11) is 1.41. The molecular weight excluding hydrogens is 314 g/mol. The van der Waals surface area contributed by atoms with Crippen molar-refractivity contribution in [3.8, 4) is 0 Å². The second-order valence-corrected chi connectivity index (χ2v) is 7.43. The number of carbonyl (C=O) groups is 2. The molecule has 136 valence electrons. The Hall–Kier alpha value is -1.84. The standard InChI is InChI=1S/C21H29NO3/c1-3-15-9-11-17(12-10-15)20(23)22-14-13-18(19(22)21(24)25-2)16-7-5-4-6-8-16/h4-8,15,17-19H,3,9-14H2,1-2H3/t15-,17-,18-,19-/m0/s1. The zero-order valence-corrected chi connectivity index (χ0v) is 15.3. The predicted molar refractivity (Wildman–Crippen MR) is 97.1 cm³/mol. The van der Waals surface area contributed by atoms with E-state index in [1.165, 1.54) is 13.5 Å². The molecule has 1 aliphatic carbocycles. The van der Waals surface area contributed by atoms with Crippen LogP contribution in [-0.2, 0) is 14.3 Å². The summed E-state index contributed by atoms with van der Waals surface area (Å²) in [6.07, 6.45) is 6.19. The molecule has 1 heterocycles. The fourth-order valence-corrected chi connectivity index (χ4v) is 4.55. The third kappa shape index (κ3) is 3.73. The van der Waals surface area contributed by atoms with E-state index in [4.69, 9.17) is 4.74 Å². The zero-order valence-electron chi connectivity index (χ0n) is 15.3. The van der Waals surface area contributed by atoms with Crippen molar-refractivity contribution in [2.24, 2.45) is 11.8 Å². The second kappa shape index (κ2) is 8.03. The van der Waals surface area contributed by atoms with E-state index in [1.807, 2.05) is 30.3 Å². The molecule has 1 aromatic rings. The maximum Gasteiger partial charge on any atom is 0.329 e. The molecule has 1 saturated heterocycles. The zero-order chi connectivity index (χ0) is 17.8. The van der Waals surface area contributed by atoms with Gasteiger partial charge in [0.2, 0.25) is 5.91 Å². The number of rotatable bonds is 4. The Bertz CT molecular complexity index is 592. The van der Waals surface area contributed by atoms with Gasteiger partial charge in [0, 0.05) is 18.4 Å². The van der Waals surface area contributed by atoms with Crippen LogP contribution in [0.1, 0.15) is 56.9 Å². The number of likely N-dealkylation sites (tertiary alicyclic amines) is 1. The van der Waals surface area contributed by atoms with Crippen molar-refractivity contribution in [2.75, 3.05) is 13.7 Å². The Balaban J connectivity index is 1.76. The van der Waals surface area contributed by atoms with E-state index in [-0.39, 0.29) is 23.7 Å². The SMILES string of the molecule is CC[C@H]1CC[C@H](C(=O)N2CC[C@@H](c3ccccc3)[C@H]2C(=O)OC)CC1. The molecule has 0 spiro atoms. The lowest BCUT2D eigenvalue weighted by molar-refractivity contribution is -0.153. The molecule has 1 saturated carbocycles. The van der Waals surface area contributed by atoms with Crippen molar-refractivity contribution >= 4 is 11.9 Å². The predicted octanol–water partition coefficient (Wildman–Crippen LogP) is 3.76. The highest BCUT2D eigenvalue weighted by molar-refractivity contribution is 5.87. The smallest absolute Gasteiger partial charge is 0.329 e. The van der Waals surface area contributed by atoms with E-state index in [1.54, 1.807) is 4.90 Å². The molecule has 2 aliphatic rings. The average molecular weight is 343 g/mol. The van der Waals surface area contributed by atoms with Crippen LogP contribution in [0, 0.1) is 11.8 Å². The van der Waals surface area contributed by atoms with Crippen molar-refractivity contribution in [1.29, 1.82) is 0 Å². The van der Waals surface area contributed by atoms with E-state index in [0.717, 1.165) is 43.6 Å². The minimum absolute atomic E-state index is 0.0320. The van der Waals surface area contributed by atoms with Crippen LogP contribution in [0.25, 0.3) is 0 Å². The lowest BCUT2D eigenvalue weighted by Crippen LogP contribution is -2.46. The molecule has 25 heavy (non-hydrogen) atoms. The molecule has 0 bridgehead atoms. The molecule has 2 fully saturated rings. The molecule has 0 radical (unpaired) electrons. The first-order chi connectivity index (χ1) is 12.2. The van der Waals surface area contributed by atoms with Crippen LogP contribution in [0.15, 0.2) is 30.3 Å². The first-order valence-corrected chi connectivity index (χ1v) is 9.59. The molecule has 0 N–H and O–H groups in total. The number of nitrogens with zero attached hydrogens (tertiary/aromatic N) is 1. The number of methoxy groups -OCH3 is 1. The van der Waals surface area contributed by atoms with E-state index in [9.17, 15) is 9.59 Å². The summed E-state index contributed by atoms with van der Waals surface area (Å²) < 4.78 is 5.06. The number of amides is 1. The molecule has 3 rings (SSSR count). The molecule has 1 amide bonds. The number of esters is 1. The van der Waals surface area contributed by atoms with Crippen LogP contribution in [0.2, 0.25) is 0 Å². The fourth-order valence-electron chi connectivity index (χ4n) is 4.55. The Morgan fingerprint density at radius 2 is 1.76 bits per heavy atom. The summed E-state index contributed by atoms with van der Waals surface area (Å²) in [5, 5.41) is 0. The van der Waals surface area contributed by atoms with Crippen LogP contribution >= 0.6 is 0 Å². The second-order valence-electron chi connectivity index (χ2n) is 7.43. The van der Waals surface area contributed by atoms with Gasteiger partial charge in [-0.05, 0) is 43.6 Å². The average Bonchev–Trinajstić information content (AvgIpc) is 3.12. The summed E-state index contributed by atoms with van der Waals surface area (Å²) in [6, 6.07) is 9.55. The highest BCUT2D eigenvalue weighted by Gasteiger charge is 2.45. The van der Waals surface area contributed by atoms with Crippen LogP contribution < -0.4 is 0 Å². The van der Waals surface area contributed by atoms with Gasteiger partial charge in [-0.3, -0.25) is 4.79 Å². The van der Waals surface area contributed by atoms with E-state index >= 15 is 0 Å². The molecule has 2 atom stereocenters. The van der Waals surface area contributed by atoms with Gasteiger partial charge in [-0.1, -0.05) is 43.7 Å². The molecule has 1 aromatic carbocycles. The number of hydrogen-bond donors (Lipinski definition) is 0. The first-order valence-electron chi connectivity index (χ1n) is 9.59. The largest absolute Gasteiger partial charge is 0.467 e. The Kier molecular flexibility index (Phi) is 5.77. The normalized spacial score (nSPS) is 29.4. The monoisotopic (exact) mass is 343 g/mol. The van der Waals surface area contributed by atoms with Gasteiger partial charge < -0.3 is 9.64 Å².